The predicted molar refractivity (Wildman–Crippen MR) is 57.2 cm³/mol. The molecule has 0 aliphatic heterocycles. The molecular weight excluding hydrogens is 176 g/mol. The summed E-state index contributed by atoms with van der Waals surface area (Å²) in [7, 11) is 0. The quantitative estimate of drug-likeness (QED) is 0.490. The normalized spacial score (nSPS) is 10.3. The van der Waals surface area contributed by atoms with Crippen LogP contribution in [-0.4, -0.2) is 15.8 Å². The first-order chi connectivity index (χ1) is 6.70. The van der Waals surface area contributed by atoms with Crippen LogP contribution < -0.4 is 5.73 Å². The summed E-state index contributed by atoms with van der Waals surface area (Å²) < 4.78 is 0. The Morgan fingerprint density at radius 2 is 2.36 bits per heavy atom. The summed E-state index contributed by atoms with van der Waals surface area (Å²) in [6.45, 7) is 3.62. The maximum atomic E-state index is 7.28. The molecule has 0 bridgehead atoms. The molecule has 2 aromatic rings. The second-order valence-electron chi connectivity index (χ2n) is 2.97. The minimum atomic E-state index is 0.0510. The summed E-state index contributed by atoms with van der Waals surface area (Å²) in [6, 6.07) is 5.42. The molecule has 70 valence electrons. The Morgan fingerprint density at radius 1 is 1.57 bits per heavy atom. The van der Waals surface area contributed by atoms with Gasteiger partial charge in [-0.05, 0) is 24.3 Å². The number of nitrogens with one attached hydrogen (secondary N) is 2. The Hall–Kier alpha value is -2.10. The SMILES string of the molecule is C=Cc1nc2cc(C(=N)N)ccc2[nH]1. The topological polar surface area (TPSA) is 78.6 Å². The van der Waals surface area contributed by atoms with E-state index in [0.717, 1.165) is 16.9 Å². The van der Waals surface area contributed by atoms with Crippen LogP contribution in [0.1, 0.15) is 11.4 Å². The highest BCUT2D eigenvalue weighted by Gasteiger charge is 2.02. The van der Waals surface area contributed by atoms with Crippen molar-refractivity contribution < 1.29 is 0 Å². The standard InChI is InChI=1S/C10H10N4/c1-2-9-13-7-4-3-6(10(11)12)5-8(7)14-9/h2-5H,1H2,(H3,11,12)(H,13,14). The van der Waals surface area contributed by atoms with Gasteiger partial charge in [-0.2, -0.15) is 0 Å². The Kier molecular flexibility index (Phi) is 1.81. The molecule has 0 saturated carbocycles. The number of imidazole rings is 1. The number of aromatic amines is 1. The van der Waals surface area contributed by atoms with Gasteiger partial charge in [0.05, 0.1) is 11.0 Å². The first-order valence-corrected chi connectivity index (χ1v) is 4.17. The molecule has 0 unspecified atom stereocenters. The molecule has 1 heterocycles. The second-order valence-corrected chi connectivity index (χ2v) is 2.97. The van der Waals surface area contributed by atoms with Crippen molar-refractivity contribution in [2.24, 2.45) is 5.73 Å². The maximum Gasteiger partial charge on any atom is 0.130 e. The van der Waals surface area contributed by atoms with Crippen LogP contribution in [0, 0.1) is 5.41 Å². The van der Waals surface area contributed by atoms with Gasteiger partial charge >= 0.3 is 0 Å². The lowest BCUT2D eigenvalue weighted by atomic mass is 10.2. The first-order valence-electron chi connectivity index (χ1n) is 4.17. The molecular formula is C10H10N4. The van der Waals surface area contributed by atoms with E-state index in [0.29, 0.717) is 5.56 Å². The number of nitrogens with two attached hydrogens (primary N) is 1. The summed E-state index contributed by atoms with van der Waals surface area (Å²) in [5.74, 6) is 0.774. The van der Waals surface area contributed by atoms with Crippen molar-refractivity contribution >= 4 is 22.9 Å². The zero-order valence-corrected chi connectivity index (χ0v) is 7.54. The van der Waals surface area contributed by atoms with Gasteiger partial charge < -0.3 is 10.7 Å². The molecule has 4 N–H and O–H groups in total. The molecule has 0 radical (unpaired) electrons. The number of aromatic nitrogens is 2. The number of hydrogen-bond acceptors (Lipinski definition) is 2. The number of nitrogens with zero attached hydrogens (tertiary/aromatic N) is 1. The largest absolute Gasteiger partial charge is 0.384 e. The van der Waals surface area contributed by atoms with Gasteiger partial charge in [0.2, 0.25) is 0 Å². The van der Waals surface area contributed by atoms with Gasteiger partial charge in [-0.15, -0.1) is 0 Å². The number of H-pyrrole nitrogens is 1. The number of nitrogen functional groups attached to an aromatic ring is 1. The molecule has 4 nitrogen and oxygen atoms in total. The number of hydrogen-bond donors (Lipinski definition) is 3. The van der Waals surface area contributed by atoms with E-state index in [2.05, 4.69) is 16.5 Å². The zero-order valence-electron chi connectivity index (χ0n) is 7.54. The molecule has 0 aliphatic carbocycles. The maximum absolute atomic E-state index is 7.28. The van der Waals surface area contributed by atoms with Gasteiger partial charge in [0.15, 0.2) is 0 Å². The van der Waals surface area contributed by atoms with Crippen molar-refractivity contribution in [3.05, 3.63) is 36.2 Å². The predicted octanol–water partition coefficient (Wildman–Crippen LogP) is 1.49. The van der Waals surface area contributed by atoms with Crippen molar-refractivity contribution in [2.75, 3.05) is 0 Å². The van der Waals surface area contributed by atoms with Crippen molar-refractivity contribution in [1.29, 1.82) is 5.41 Å². The minimum absolute atomic E-state index is 0.0510. The first kappa shape index (κ1) is 8.50. The van der Waals surface area contributed by atoms with Crippen molar-refractivity contribution in [2.45, 2.75) is 0 Å². The summed E-state index contributed by atoms with van der Waals surface area (Å²) in [6.07, 6.45) is 1.65. The highest BCUT2D eigenvalue weighted by atomic mass is 14.9. The van der Waals surface area contributed by atoms with Crippen LogP contribution in [0.4, 0.5) is 0 Å². The Labute approximate surface area is 81.0 Å². The van der Waals surface area contributed by atoms with Crippen LogP contribution in [0.3, 0.4) is 0 Å². The summed E-state index contributed by atoms with van der Waals surface area (Å²) in [5.41, 5.74) is 7.77. The Morgan fingerprint density at radius 3 is 3.00 bits per heavy atom. The lowest BCUT2D eigenvalue weighted by Crippen LogP contribution is -2.10. The molecule has 0 atom stereocenters. The van der Waals surface area contributed by atoms with Crippen LogP contribution in [0.2, 0.25) is 0 Å². The molecule has 4 heteroatoms. The summed E-state index contributed by atoms with van der Waals surface area (Å²) in [4.78, 5) is 7.32. The molecule has 0 fully saturated rings. The fourth-order valence-electron chi connectivity index (χ4n) is 1.29. The highest BCUT2D eigenvalue weighted by molar-refractivity contribution is 5.98. The van der Waals surface area contributed by atoms with Crippen LogP contribution in [0.25, 0.3) is 17.1 Å². The fourth-order valence-corrected chi connectivity index (χ4v) is 1.29. The van der Waals surface area contributed by atoms with Gasteiger partial charge in [0, 0.05) is 5.56 Å². The molecule has 0 spiro atoms. The van der Waals surface area contributed by atoms with Crippen molar-refractivity contribution in [3.8, 4) is 0 Å². The van der Waals surface area contributed by atoms with Gasteiger partial charge in [-0.1, -0.05) is 6.58 Å². The van der Waals surface area contributed by atoms with Crippen molar-refractivity contribution in [1.82, 2.24) is 9.97 Å². The van der Waals surface area contributed by atoms with E-state index >= 15 is 0 Å². The van der Waals surface area contributed by atoms with E-state index in [4.69, 9.17) is 11.1 Å². The highest BCUT2D eigenvalue weighted by Crippen LogP contribution is 2.13. The van der Waals surface area contributed by atoms with Crippen LogP contribution in [0.5, 0.6) is 0 Å². The summed E-state index contributed by atoms with van der Waals surface area (Å²) in [5, 5.41) is 7.28. The molecule has 1 aromatic heterocycles. The van der Waals surface area contributed by atoms with Crippen LogP contribution in [-0.2, 0) is 0 Å². The fraction of sp³-hybridized carbons (Fsp3) is 0. The monoisotopic (exact) mass is 186 g/mol. The average Bonchev–Trinajstić information content (AvgIpc) is 2.58. The molecule has 0 amide bonds. The van der Waals surface area contributed by atoms with Crippen LogP contribution >= 0.6 is 0 Å². The molecule has 0 aliphatic rings. The lowest BCUT2D eigenvalue weighted by molar-refractivity contribution is 1.29. The average molecular weight is 186 g/mol. The van der Waals surface area contributed by atoms with E-state index in [-0.39, 0.29) is 5.84 Å². The van der Waals surface area contributed by atoms with E-state index in [1.54, 1.807) is 18.2 Å². The van der Waals surface area contributed by atoms with E-state index in [9.17, 15) is 0 Å². The van der Waals surface area contributed by atoms with Gasteiger partial charge in [0.1, 0.15) is 11.7 Å². The van der Waals surface area contributed by atoms with E-state index in [1.165, 1.54) is 0 Å². The van der Waals surface area contributed by atoms with E-state index < -0.39 is 0 Å². The molecule has 14 heavy (non-hydrogen) atoms. The van der Waals surface area contributed by atoms with Crippen molar-refractivity contribution in [3.63, 3.8) is 0 Å². The zero-order chi connectivity index (χ0) is 10.1. The molecule has 0 saturated heterocycles. The van der Waals surface area contributed by atoms with Crippen LogP contribution in [0.15, 0.2) is 24.8 Å². The second kappa shape index (κ2) is 2.99. The summed E-state index contributed by atoms with van der Waals surface area (Å²) >= 11 is 0. The van der Waals surface area contributed by atoms with Gasteiger partial charge in [0.25, 0.3) is 0 Å². The minimum Gasteiger partial charge on any atom is -0.384 e. The number of amidine groups is 1. The third-order valence-electron chi connectivity index (χ3n) is 2.01. The number of fused-ring (bicyclic) bond motifs is 1. The number of rotatable bonds is 2. The van der Waals surface area contributed by atoms with E-state index in [1.807, 2.05) is 6.07 Å². The smallest absolute Gasteiger partial charge is 0.130 e. The molecule has 1 aromatic carbocycles. The lowest BCUT2D eigenvalue weighted by Gasteiger charge is -1.95. The van der Waals surface area contributed by atoms with Gasteiger partial charge in [-0.3, -0.25) is 5.41 Å². The Balaban J connectivity index is 2.65. The van der Waals surface area contributed by atoms with Gasteiger partial charge in [-0.25, -0.2) is 4.98 Å². The molecule has 2 rings (SSSR count). The third kappa shape index (κ3) is 1.26. The number of benzene rings is 1. The Bertz CT molecular complexity index is 510. The third-order valence-corrected chi connectivity index (χ3v) is 2.01.